The number of sulfonamides is 1. The first-order valence-corrected chi connectivity index (χ1v) is 18.9. The van der Waals surface area contributed by atoms with Gasteiger partial charge in [0, 0.05) is 39.4 Å². The molecule has 3 fully saturated rings. The van der Waals surface area contributed by atoms with Crippen molar-refractivity contribution in [3.63, 3.8) is 0 Å². The quantitative estimate of drug-likeness (QED) is 0.178. The molecule has 3 aliphatic rings. The van der Waals surface area contributed by atoms with E-state index in [2.05, 4.69) is 26.9 Å². The van der Waals surface area contributed by atoms with Gasteiger partial charge in [0.25, 0.3) is 5.91 Å². The fourth-order valence-electron chi connectivity index (χ4n) is 6.61. The minimum atomic E-state index is -3.90. The number of nitrogens with two attached hydrogens (primary N) is 1. The number of benzene rings is 2. The van der Waals surface area contributed by atoms with E-state index in [0.717, 1.165) is 0 Å². The van der Waals surface area contributed by atoms with Crippen molar-refractivity contribution in [1.29, 1.82) is 0 Å². The van der Waals surface area contributed by atoms with Crippen LogP contribution in [0, 0.1) is 11.8 Å². The number of anilines is 1. The van der Waals surface area contributed by atoms with Gasteiger partial charge in [-0.1, -0.05) is 37.6 Å². The number of aromatic nitrogens is 1. The first kappa shape index (κ1) is 36.9. The van der Waals surface area contributed by atoms with E-state index in [-0.39, 0.29) is 36.7 Å². The van der Waals surface area contributed by atoms with E-state index in [1.54, 1.807) is 36.4 Å². The van der Waals surface area contributed by atoms with E-state index in [9.17, 15) is 27.6 Å². The second-order valence-electron chi connectivity index (χ2n) is 13.8. The molecule has 0 bridgehead atoms. The van der Waals surface area contributed by atoms with E-state index in [0.29, 0.717) is 40.1 Å². The second kappa shape index (κ2) is 14.3. The van der Waals surface area contributed by atoms with Crippen LogP contribution in [0.1, 0.15) is 49.9 Å². The van der Waals surface area contributed by atoms with Gasteiger partial charge in [-0.2, -0.15) is 0 Å². The van der Waals surface area contributed by atoms with E-state index in [1.807, 2.05) is 13.8 Å². The molecule has 0 radical (unpaired) electrons. The van der Waals surface area contributed by atoms with Crippen molar-refractivity contribution >= 4 is 61.7 Å². The minimum absolute atomic E-state index is 0.0200. The van der Waals surface area contributed by atoms with Crippen molar-refractivity contribution in [2.24, 2.45) is 17.6 Å². The summed E-state index contributed by atoms with van der Waals surface area (Å²) in [5.41, 5.74) is 4.65. The number of hydrogen-bond acceptors (Lipinski definition) is 10. The molecule has 5 atom stereocenters. The summed E-state index contributed by atoms with van der Waals surface area (Å²) in [6, 6.07) is 9.61. The summed E-state index contributed by atoms with van der Waals surface area (Å²) < 4.78 is 39.4. The van der Waals surface area contributed by atoms with Crippen LogP contribution in [0.2, 0.25) is 5.02 Å². The van der Waals surface area contributed by atoms with Crippen LogP contribution in [0.5, 0.6) is 11.6 Å². The molecule has 3 aromatic rings. The number of nitrogens with one attached hydrogen (secondary N) is 3. The number of rotatable bonds is 14. The molecule has 276 valence electrons. The Labute approximate surface area is 306 Å². The van der Waals surface area contributed by atoms with Gasteiger partial charge in [-0.05, 0) is 61.6 Å². The molecule has 0 spiro atoms. The highest BCUT2D eigenvalue weighted by Crippen LogP contribution is 2.45. The fourth-order valence-corrected chi connectivity index (χ4v) is 8.14. The highest BCUT2D eigenvalue weighted by Gasteiger charge is 2.62. The molecule has 5 N–H and O–H groups in total. The van der Waals surface area contributed by atoms with Gasteiger partial charge >= 0.3 is 0 Å². The number of ether oxygens (including phenoxy) is 2. The van der Waals surface area contributed by atoms with Crippen LogP contribution in [0.3, 0.4) is 0 Å². The molecular formula is C36H41ClN6O8S. The molecule has 6 rings (SSSR count). The zero-order valence-corrected chi connectivity index (χ0v) is 30.5. The second-order valence-corrected chi connectivity index (χ2v) is 16.2. The number of primary amides is 1. The lowest BCUT2D eigenvalue weighted by Gasteiger charge is -2.31. The summed E-state index contributed by atoms with van der Waals surface area (Å²) in [5.74, 6) is -2.67. The Morgan fingerprint density at radius 3 is 2.52 bits per heavy atom. The molecule has 16 heteroatoms. The molecule has 1 aliphatic heterocycles. The number of likely N-dealkylation sites (tertiary alicyclic amines) is 1. The maximum atomic E-state index is 14.5. The smallest absolute Gasteiger partial charge is 0.259 e. The highest BCUT2D eigenvalue weighted by molar-refractivity contribution is 7.91. The van der Waals surface area contributed by atoms with Crippen molar-refractivity contribution in [3.05, 3.63) is 71.9 Å². The molecule has 2 aliphatic carbocycles. The van der Waals surface area contributed by atoms with Crippen molar-refractivity contribution in [1.82, 2.24) is 19.9 Å². The number of methoxy groups -OCH3 is 1. The predicted molar refractivity (Wildman–Crippen MR) is 194 cm³/mol. The van der Waals surface area contributed by atoms with Crippen LogP contribution in [0.25, 0.3) is 10.8 Å². The SMILES string of the molecule is C=C[C@@H]1C[C@]1(NC(=O)[C@@H]1C[C@@H](Oc2ncc(OC)c3ccc(Cl)cc23)CN1C(=O)[C@@H](Nc1cccc(C(N)=O)c1)C(C)C)C(=O)NS(=O)(=O)C1CC1. The third kappa shape index (κ3) is 7.37. The Hall–Kier alpha value is -4.89. The van der Waals surface area contributed by atoms with E-state index in [4.69, 9.17) is 26.8 Å². The van der Waals surface area contributed by atoms with E-state index >= 15 is 0 Å². The Morgan fingerprint density at radius 2 is 1.88 bits per heavy atom. The number of carbonyl (C=O) groups is 4. The van der Waals surface area contributed by atoms with E-state index < -0.39 is 68.5 Å². The average Bonchev–Trinajstić information content (AvgIpc) is 4.04. The van der Waals surface area contributed by atoms with Crippen molar-refractivity contribution < 1.29 is 37.1 Å². The highest BCUT2D eigenvalue weighted by atomic mass is 35.5. The van der Waals surface area contributed by atoms with Crippen molar-refractivity contribution in [2.45, 2.75) is 68.5 Å². The van der Waals surface area contributed by atoms with Crippen LogP contribution < -0.4 is 30.6 Å². The Balaban J connectivity index is 1.31. The van der Waals surface area contributed by atoms with Gasteiger partial charge in [0.15, 0.2) is 0 Å². The first-order chi connectivity index (χ1) is 24.7. The largest absolute Gasteiger partial charge is 0.494 e. The number of nitrogens with zero attached hydrogens (tertiary/aromatic N) is 2. The van der Waals surface area contributed by atoms with Gasteiger partial charge in [0.05, 0.1) is 25.1 Å². The minimum Gasteiger partial charge on any atom is -0.494 e. The van der Waals surface area contributed by atoms with Crippen LogP contribution in [-0.4, -0.2) is 84.6 Å². The lowest BCUT2D eigenvalue weighted by atomic mass is 10.0. The predicted octanol–water partition coefficient (Wildman–Crippen LogP) is 3.15. The zero-order chi connectivity index (χ0) is 37.5. The summed E-state index contributed by atoms with van der Waals surface area (Å²) in [6.07, 6.45) is 3.34. The molecule has 2 saturated carbocycles. The summed E-state index contributed by atoms with van der Waals surface area (Å²) in [5, 5.41) is 7.04. The van der Waals surface area contributed by atoms with Gasteiger partial charge in [0.1, 0.15) is 29.5 Å². The molecule has 1 saturated heterocycles. The summed E-state index contributed by atoms with van der Waals surface area (Å²) >= 11 is 6.33. The molecular weight excluding hydrogens is 712 g/mol. The third-order valence-electron chi connectivity index (χ3n) is 9.77. The lowest BCUT2D eigenvalue weighted by molar-refractivity contribution is -0.140. The average molecular weight is 753 g/mol. The fraction of sp³-hybridized carbons (Fsp3) is 0.417. The molecule has 2 heterocycles. The molecule has 2 aromatic carbocycles. The summed E-state index contributed by atoms with van der Waals surface area (Å²) in [7, 11) is -2.38. The maximum absolute atomic E-state index is 14.5. The lowest BCUT2D eigenvalue weighted by Crippen LogP contribution is -2.58. The number of amides is 4. The van der Waals surface area contributed by atoms with Crippen LogP contribution in [0.4, 0.5) is 5.69 Å². The molecule has 0 unspecified atom stereocenters. The number of pyridine rings is 1. The Morgan fingerprint density at radius 1 is 1.13 bits per heavy atom. The monoisotopic (exact) mass is 752 g/mol. The number of hydrogen-bond donors (Lipinski definition) is 4. The molecule has 4 amide bonds. The van der Waals surface area contributed by atoms with Gasteiger partial charge in [-0.25, -0.2) is 13.4 Å². The topological polar surface area (TPSA) is 199 Å². The van der Waals surface area contributed by atoms with Crippen LogP contribution in [0.15, 0.2) is 61.3 Å². The third-order valence-corrected chi connectivity index (χ3v) is 11.8. The van der Waals surface area contributed by atoms with Gasteiger partial charge in [0.2, 0.25) is 33.6 Å². The summed E-state index contributed by atoms with van der Waals surface area (Å²) in [4.78, 5) is 59.9. The Kier molecular flexibility index (Phi) is 10.1. The zero-order valence-electron chi connectivity index (χ0n) is 28.9. The number of fused-ring (bicyclic) bond motifs is 1. The van der Waals surface area contributed by atoms with E-state index in [1.165, 1.54) is 30.3 Å². The summed E-state index contributed by atoms with van der Waals surface area (Å²) in [6.45, 7) is 7.41. The van der Waals surface area contributed by atoms with Crippen LogP contribution >= 0.6 is 11.6 Å². The van der Waals surface area contributed by atoms with Gasteiger partial charge in [-0.3, -0.25) is 23.9 Å². The maximum Gasteiger partial charge on any atom is 0.259 e. The van der Waals surface area contributed by atoms with Crippen molar-refractivity contribution in [3.8, 4) is 11.6 Å². The Bertz CT molecular complexity index is 2060. The number of halogens is 1. The molecule has 52 heavy (non-hydrogen) atoms. The first-order valence-electron chi connectivity index (χ1n) is 16.9. The number of carbonyl (C=O) groups excluding carboxylic acids is 4. The normalized spacial score (nSPS) is 23.1. The standard InChI is InChI=1S/C36H41ClN6O8S/c1-5-21-16-36(21,35(47)42-52(48,49)25-10-11-25)41-32(45)28-15-24(51-33-27-14-22(37)9-12-26(27)29(50-4)17-39-33)18-43(28)34(46)30(19(2)3)40-23-8-6-7-20(13-23)31(38)44/h5-9,12-14,17,19,21,24-25,28,30,40H,1,10-11,15-16,18H2,2-4H3,(H2,38,44)(H,41,45)(H,42,47)/t21-,24-,28+,30+,36-/m1/s1. The molecule has 1 aromatic heterocycles. The van der Waals surface area contributed by atoms with Crippen molar-refractivity contribution in [2.75, 3.05) is 19.0 Å². The van der Waals surface area contributed by atoms with Gasteiger partial charge in [-0.15, -0.1) is 6.58 Å². The van der Waals surface area contributed by atoms with Crippen LogP contribution in [-0.2, 0) is 24.4 Å². The van der Waals surface area contributed by atoms with Gasteiger partial charge < -0.3 is 30.7 Å². The molecule has 14 nitrogen and oxygen atoms in total.